The molecule has 1 amide bonds. The highest BCUT2D eigenvalue weighted by Crippen LogP contribution is 2.33. The van der Waals surface area contributed by atoms with Crippen LogP contribution >= 0.6 is 23.2 Å². The van der Waals surface area contributed by atoms with Gasteiger partial charge in [0.25, 0.3) is 0 Å². The largest absolute Gasteiger partial charge is 0.426 e. The van der Waals surface area contributed by atoms with Crippen LogP contribution in [-0.2, 0) is 14.3 Å². The first-order valence-corrected chi connectivity index (χ1v) is 9.70. The van der Waals surface area contributed by atoms with Crippen LogP contribution in [-0.4, -0.2) is 33.6 Å². The highest BCUT2D eigenvalue weighted by molar-refractivity contribution is 6.30. The third kappa shape index (κ3) is 4.91. The molecule has 2 heterocycles. The first kappa shape index (κ1) is 22.1. The van der Waals surface area contributed by atoms with Crippen LogP contribution in [0.4, 0.5) is 0 Å². The number of hydrogen-bond donors (Lipinski definition) is 3. The Morgan fingerprint density at radius 2 is 1.27 bits per heavy atom. The molecule has 3 N–H and O–H groups in total. The monoisotopic (exact) mass is 447 g/mol. The average Bonchev–Trinajstić information content (AvgIpc) is 3.09. The topological polar surface area (TPSA) is 95.9 Å². The van der Waals surface area contributed by atoms with Gasteiger partial charge in [-0.25, -0.2) is 4.79 Å². The Bertz CT molecular complexity index is 953. The summed E-state index contributed by atoms with van der Waals surface area (Å²) in [5.41, 5.74) is 1.21. The minimum atomic E-state index is -1.55. The molecular weight excluding hydrogens is 429 g/mol. The lowest BCUT2D eigenvalue weighted by Crippen LogP contribution is -2.40. The maximum Gasteiger partial charge on any atom is 0.334 e. The van der Waals surface area contributed by atoms with E-state index in [1.165, 1.54) is 19.1 Å². The zero-order valence-electron chi connectivity index (χ0n) is 16.1. The fraction of sp³-hybridized carbons (Fsp3) is 0.182. The van der Waals surface area contributed by atoms with Gasteiger partial charge in [-0.1, -0.05) is 47.5 Å². The Morgan fingerprint density at radius 3 is 1.63 bits per heavy atom. The molecule has 2 aliphatic rings. The van der Waals surface area contributed by atoms with Crippen molar-refractivity contribution in [1.82, 2.24) is 5.32 Å². The molecule has 30 heavy (non-hydrogen) atoms. The Morgan fingerprint density at radius 1 is 0.800 bits per heavy atom. The van der Waals surface area contributed by atoms with Gasteiger partial charge in [-0.05, 0) is 42.3 Å². The predicted octanol–water partition coefficient (Wildman–Crippen LogP) is 3.55. The summed E-state index contributed by atoms with van der Waals surface area (Å²) in [4.78, 5) is 22.2. The van der Waals surface area contributed by atoms with Crippen LogP contribution in [0.1, 0.15) is 25.0 Å². The number of esters is 1. The van der Waals surface area contributed by atoms with Crippen LogP contribution in [0.5, 0.6) is 0 Å². The number of nitrogens with one attached hydrogen (secondary N) is 1. The van der Waals surface area contributed by atoms with Gasteiger partial charge < -0.3 is 20.3 Å². The van der Waals surface area contributed by atoms with Gasteiger partial charge in [0.15, 0.2) is 5.72 Å². The quantitative estimate of drug-likeness (QED) is 0.611. The van der Waals surface area contributed by atoms with Crippen LogP contribution in [0.2, 0.25) is 10.0 Å². The van der Waals surface area contributed by atoms with Crippen molar-refractivity contribution in [3.05, 3.63) is 81.9 Å². The minimum Gasteiger partial charge on any atom is -0.426 e. The number of carbonyl (C=O) groups is 2. The smallest absolute Gasteiger partial charge is 0.334 e. The molecule has 0 aliphatic carbocycles. The molecule has 2 aromatic carbocycles. The highest BCUT2D eigenvalue weighted by Gasteiger charge is 2.37. The molecule has 0 bridgehead atoms. The second-order valence-electron chi connectivity index (χ2n) is 7.10. The number of halogens is 2. The third-order valence-electron chi connectivity index (χ3n) is 4.54. The van der Waals surface area contributed by atoms with E-state index in [1.54, 1.807) is 55.5 Å². The summed E-state index contributed by atoms with van der Waals surface area (Å²) in [6.45, 7) is 2.97. The van der Waals surface area contributed by atoms with Gasteiger partial charge >= 0.3 is 5.97 Å². The summed E-state index contributed by atoms with van der Waals surface area (Å²) >= 11 is 11.5. The molecule has 0 radical (unpaired) electrons. The molecule has 8 heteroatoms. The second-order valence-corrected chi connectivity index (χ2v) is 7.97. The van der Waals surface area contributed by atoms with Crippen LogP contribution < -0.4 is 5.32 Å². The molecule has 0 fully saturated rings. The fourth-order valence-electron chi connectivity index (χ4n) is 3.12. The molecule has 0 saturated carbocycles. The van der Waals surface area contributed by atoms with Crippen molar-refractivity contribution < 1.29 is 24.5 Å². The van der Waals surface area contributed by atoms with Gasteiger partial charge in [-0.3, -0.25) is 4.79 Å². The number of benzene rings is 2. The van der Waals surface area contributed by atoms with E-state index in [0.717, 1.165) is 11.1 Å². The van der Waals surface area contributed by atoms with Gasteiger partial charge in [0.2, 0.25) is 11.7 Å². The predicted molar refractivity (Wildman–Crippen MR) is 114 cm³/mol. The Kier molecular flexibility index (Phi) is 6.06. The molecule has 0 saturated heterocycles. The maximum absolute atomic E-state index is 11.1. The molecule has 0 spiro atoms. The number of rotatable bonds is 2. The van der Waals surface area contributed by atoms with Gasteiger partial charge in [-0.15, -0.1) is 0 Å². The molecule has 4 rings (SSSR count). The van der Waals surface area contributed by atoms with E-state index in [4.69, 9.17) is 27.9 Å². The minimum absolute atomic E-state index is 0.287. The van der Waals surface area contributed by atoms with Crippen LogP contribution in [0.3, 0.4) is 0 Å². The number of hydrogen-bond acceptors (Lipinski definition) is 5. The van der Waals surface area contributed by atoms with Crippen LogP contribution in [0.15, 0.2) is 60.7 Å². The average molecular weight is 448 g/mol. The lowest BCUT2D eigenvalue weighted by molar-refractivity contribution is -0.169. The summed E-state index contributed by atoms with van der Waals surface area (Å²) in [6, 6.07) is 13.8. The van der Waals surface area contributed by atoms with Crippen molar-refractivity contribution in [2.75, 3.05) is 0 Å². The first-order chi connectivity index (χ1) is 14.0. The van der Waals surface area contributed by atoms with E-state index in [9.17, 15) is 19.8 Å². The molecule has 2 atom stereocenters. The summed E-state index contributed by atoms with van der Waals surface area (Å²) in [7, 11) is 0. The number of aliphatic hydroxyl groups is 2. The number of carbonyl (C=O) groups excluding carboxylic acids is 2. The molecule has 6 nitrogen and oxygen atoms in total. The molecule has 0 aromatic heterocycles. The normalized spacial score (nSPS) is 25.0. The van der Waals surface area contributed by atoms with E-state index >= 15 is 0 Å². The van der Waals surface area contributed by atoms with Gasteiger partial charge in [0.1, 0.15) is 0 Å². The standard InChI is InChI=1S/C11H10ClNO2.C11H9ClO3/c1-11(15)9(6-10(14)13-11)7-2-4-8(12)5-3-7;1-11(14)9(6-10(13)15-11)7-2-4-8(12)5-3-7/h2-6,15H,1H3,(H,13,14);2-6,14H,1H3. The third-order valence-corrected chi connectivity index (χ3v) is 5.04. The Balaban J connectivity index is 0.000000171. The van der Waals surface area contributed by atoms with Gasteiger partial charge in [0, 0.05) is 40.3 Å². The van der Waals surface area contributed by atoms with Crippen molar-refractivity contribution in [2.24, 2.45) is 0 Å². The summed E-state index contributed by atoms with van der Waals surface area (Å²) in [5, 5.41) is 23.4. The second kappa shape index (κ2) is 8.24. The zero-order valence-corrected chi connectivity index (χ0v) is 17.7. The van der Waals surface area contributed by atoms with Gasteiger partial charge in [-0.2, -0.15) is 0 Å². The molecule has 2 aromatic rings. The van der Waals surface area contributed by atoms with E-state index < -0.39 is 17.5 Å². The fourth-order valence-corrected chi connectivity index (χ4v) is 3.37. The molecule has 2 unspecified atom stereocenters. The lowest BCUT2D eigenvalue weighted by Gasteiger charge is -2.21. The molecule has 156 valence electrons. The van der Waals surface area contributed by atoms with E-state index in [1.807, 2.05) is 0 Å². The Labute approximate surface area is 183 Å². The lowest BCUT2D eigenvalue weighted by atomic mass is 9.99. The van der Waals surface area contributed by atoms with Crippen LogP contribution in [0, 0.1) is 0 Å². The van der Waals surface area contributed by atoms with Crippen molar-refractivity contribution in [1.29, 1.82) is 0 Å². The summed E-state index contributed by atoms with van der Waals surface area (Å²) in [6.07, 6.45) is 2.67. The SMILES string of the molecule is CC1(O)NC(=O)C=C1c1ccc(Cl)cc1.CC1(O)OC(=O)C=C1c1ccc(Cl)cc1. The van der Waals surface area contributed by atoms with Crippen LogP contribution in [0.25, 0.3) is 11.1 Å². The molecular formula is C22H19Cl2NO5. The number of ether oxygens (including phenoxy) is 1. The van der Waals surface area contributed by atoms with Crippen molar-refractivity contribution in [2.45, 2.75) is 25.4 Å². The highest BCUT2D eigenvalue weighted by atomic mass is 35.5. The number of cyclic esters (lactones) is 1. The Hall–Kier alpha value is -2.64. The first-order valence-electron chi connectivity index (χ1n) is 8.94. The zero-order chi connectivity index (χ0) is 22.1. The molecule has 2 aliphatic heterocycles. The summed E-state index contributed by atoms with van der Waals surface area (Å²) < 4.78 is 4.74. The van der Waals surface area contributed by atoms with E-state index in [2.05, 4.69) is 5.32 Å². The summed E-state index contributed by atoms with van der Waals surface area (Å²) in [5.74, 6) is -2.37. The van der Waals surface area contributed by atoms with Crippen molar-refractivity contribution in [3.63, 3.8) is 0 Å². The van der Waals surface area contributed by atoms with E-state index in [-0.39, 0.29) is 5.91 Å². The maximum atomic E-state index is 11.1. The number of amides is 1. The van der Waals surface area contributed by atoms with E-state index in [0.29, 0.717) is 21.2 Å². The van der Waals surface area contributed by atoms with Gasteiger partial charge in [0.05, 0.1) is 0 Å². The van der Waals surface area contributed by atoms with Crippen molar-refractivity contribution in [3.8, 4) is 0 Å². The van der Waals surface area contributed by atoms with Crippen molar-refractivity contribution >= 4 is 46.2 Å².